The van der Waals surface area contributed by atoms with Gasteiger partial charge in [0.15, 0.2) is 6.10 Å². The van der Waals surface area contributed by atoms with E-state index in [1.807, 2.05) is 19.1 Å². The van der Waals surface area contributed by atoms with Crippen LogP contribution in [0.3, 0.4) is 0 Å². The van der Waals surface area contributed by atoms with Gasteiger partial charge in [0, 0.05) is 21.8 Å². The van der Waals surface area contributed by atoms with Crippen LogP contribution >= 0.6 is 11.6 Å². The van der Waals surface area contributed by atoms with Gasteiger partial charge in [0.25, 0.3) is 5.91 Å². The number of ketones is 1. The molecule has 1 amide bonds. The number of halogens is 1. The molecule has 142 valence electrons. The quantitative estimate of drug-likeness (QED) is 0.558. The van der Waals surface area contributed by atoms with Crippen LogP contribution in [0.5, 0.6) is 5.75 Å². The third-order valence-electron chi connectivity index (χ3n) is 4.24. The average molecular weight is 394 g/mol. The van der Waals surface area contributed by atoms with Crippen molar-refractivity contribution in [3.8, 4) is 5.75 Å². The lowest BCUT2D eigenvalue weighted by Gasteiger charge is -2.14. The summed E-state index contributed by atoms with van der Waals surface area (Å²) in [6.45, 7) is 3.67. The van der Waals surface area contributed by atoms with Crippen LogP contribution in [-0.4, -0.2) is 17.8 Å². The predicted molar refractivity (Wildman–Crippen MR) is 111 cm³/mol. The number of rotatable bonds is 6. The maximum absolute atomic E-state index is 12.4. The minimum Gasteiger partial charge on any atom is -0.483 e. The third-order valence-corrected chi connectivity index (χ3v) is 4.49. The van der Waals surface area contributed by atoms with Crippen molar-refractivity contribution in [2.45, 2.75) is 20.0 Å². The molecule has 0 fully saturated rings. The summed E-state index contributed by atoms with van der Waals surface area (Å²) in [6, 6.07) is 21.0. The number of hydrogen-bond donors (Lipinski definition) is 1. The minimum absolute atomic E-state index is 0.131. The van der Waals surface area contributed by atoms with Gasteiger partial charge in [0.05, 0.1) is 0 Å². The van der Waals surface area contributed by atoms with Crippen LogP contribution in [0.4, 0.5) is 5.69 Å². The summed E-state index contributed by atoms with van der Waals surface area (Å²) in [5, 5.41) is 3.42. The summed E-state index contributed by atoms with van der Waals surface area (Å²) >= 11 is 5.85. The smallest absolute Gasteiger partial charge is 0.255 e. The summed E-state index contributed by atoms with van der Waals surface area (Å²) in [4.78, 5) is 24.7. The fourth-order valence-electron chi connectivity index (χ4n) is 2.63. The number of amides is 1. The number of aryl methyl sites for hydroxylation is 1. The molecule has 3 aromatic rings. The van der Waals surface area contributed by atoms with Gasteiger partial charge in [-0.2, -0.15) is 0 Å². The summed E-state index contributed by atoms with van der Waals surface area (Å²) < 4.78 is 5.72. The first-order valence-corrected chi connectivity index (χ1v) is 9.25. The Balaban J connectivity index is 1.60. The molecule has 0 aromatic heterocycles. The highest BCUT2D eigenvalue weighted by atomic mass is 35.5. The second-order valence-electron chi connectivity index (χ2n) is 6.48. The number of nitrogens with one attached hydrogen (secondary N) is 1. The van der Waals surface area contributed by atoms with E-state index in [2.05, 4.69) is 5.32 Å². The van der Waals surface area contributed by atoms with E-state index in [4.69, 9.17) is 16.3 Å². The van der Waals surface area contributed by atoms with Gasteiger partial charge in [-0.3, -0.25) is 9.59 Å². The molecule has 0 aliphatic carbocycles. The number of ether oxygens (including phenoxy) is 1. The maximum atomic E-state index is 12.4. The molecule has 0 spiro atoms. The van der Waals surface area contributed by atoms with Crippen molar-refractivity contribution in [2.24, 2.45) is 0 Å². The Morgan fingerprint density at radius 1 is 0.857 bits per heavy atom. The molecular weight excluding hydrogens is 374 g/mol. The molecule has 4 nitrogen and oxygen atoms in total. The third kappa shape index (κ3) is 4.99. The zero-order chi connectivity index (χ0) is 20.1. The zero-order valence-electron chi connectivity index (χ0n) is 15.6. The van der Waals surface area contributed by atoms with Gasteiger partial charge in [-0.1, -0.05) is 29.3 Å². The largest absolute Gasteiger partial charge is 0.483 e. The average Bonchev–Trinajstić information content (AvgIpc) is 2.70. The summed E-state index contributed by atoms with van der Waals surface area (Å²) in [5.74, 6) is 0.233. The Kier molecular flexibility index (Phi) is 6.12. The molecule has 1 N–H and O–H groups in total. The van der Waals surface area contributed by atoms with E-state index in [-0.39, 0.29) is 11.7 Å². The van der Waals surface area contributed by atoms with Crippen LogP contribution < -0.4 is 10.1 Å². The van der Waals surface area contributed by atoms with Gasteiger partial charge in [-0.15, -0.1) is 0 Å². The van der Waals surface area contributed by atoms with Crippen LogP contribution in [0.15, 0.2) is 72.8 Å². The molecule has 3 rings (SSSR count). The molecule has 1 unspecified atom stereocenters. The van der Waals surface area contributed by atoms with Crippen molar-refractivity contribution in [2.75, 3.05) is 5.32 Å². The molecule has 0 bridgehead atoms. The molecule has 0 radical (unpaired) electrons. The highest BCUT2D eigenvalue weighted by Gasteiger charge is 2.17. The summed E-state index contributed by atoms with van der Waals surface area (Å²) in [6.07, 6.45) is -0.644. The van der Waals surface area contributed by atoms with E-state index in [0.29, 0.717) is 27.6 Å². The lowest BCUT2D eigenvalue weighted by atomic mass is 10.1. The second-order valence-corrected chi connectivity index (χ2v) is 6.91. The van der Waals surface area contributed by atoms with Crippen molar-refractivity contribution in [1.29, 1.82) is 0 Å². The Bertz CT molecular complexity index is 964. The number of carbonyl (C=O) groups excluding carboxylic acids is 2. The Morgan fingerprint density at radius 2 is 1.43 bits per heavy atom. The lowest BCUT2D eigenvalue weighted by Crippen LogP contribution is -2.23. The predicted octanol–water partition coefficient (Wildman–Crippen LogP) is 5.55. The maximum Gasteiger partial charge on any atom is 0.255 e. The normalized spacial score (nSPS) is 11.5. The fraction of sp³-hybridized carbons (Fsp3) is 0.130. The molecule has 1 atom stereocenters. The fourth-order valence-corrected chi connectivity index (χ4v) is 2.76. The first-order chi connectivity index (χ1) is 13.4. The molecule has 28 heavy (non-hydrogen) atoms. The van der Waals surface area contributed by atoms with Crippen molar-refractivity contribution in [1.82, 2.24) is 0 Å². The first-order valence-electron chi connectivity index (χ1n) is 8.87. The molecule has 3 aromatic carbocycles. The summed E-state index contributed by atoms with van der Waals surface area (Å²) in [5.41, 5.74) is 2.88. The van der Waals surface area contributed by atoms with Crippen LogP contribution in [0.1, 0.15) is 33.2 Å². The van der Waals surface area contributed by atoms with Crippen LogP contribution in [-0.2, 0) is 0 Å². The van der Waals surface area contributed by atoms with Gasteiger partial charge >= 0.3 is 0 Å². The topological polar surface area (TPSA) is 55.4 Å². The number of anilines is 1. The van der Waals surface area contributed by atoms with Gasteiger partial charge in [-0.25, -0.2) is 0 Å². The van der Waals surface area contributed by atoms with Gasteiger partial charge in [0.2, 0.25) is 5.78 Å². The molecule has 0 saturated heterocycles. The van der Waals surface area contributed by atoms with Crippen molar-refractivity contribution in [3.63, 3.8) is 0 Å². The van der Waals surface area contributed by atoms with E-state index in [9.17, 15) is 9.59 Å². The van der Waals surface area contributed by atoms with E-state index in [1.165, 1.54) is 0 Å². The van der Waals surface area contributed by atoms with Crippen molar-refractivity contribution >= 4 is 29.0 Å². The molecular formula is C23H20ClNO3. The van der Waals surface area contributed by atoms with Crippen LogP contribution in [0.25, 0.3) is 0 Å². The van der Waals surface area contributed by atoms with Crippen molar-refractivity contribution < 1.29 is 14.3 Å². The van der Waals surface area contributed by atoms with Gasteiger partial charge < -0.3 is 10.1 Å². The van der Waals surface area contributed by atoms with Crippen LogP contribution in [0.2, 0.25) is 5.02 Å². The van der Waals surface area contributed by atoms with Gasteiger partial charge in [-0.05, 0) is 74.5 Å². The number of carbonyl (C=O) groups is 2. The molecule has 0 aliphatic rings. The SMILES string of the molecule is Cc1ccc(C(=O)Nc2ccc(OC(C)C(=O)c3ccc(Cl)cc3)cc2)cc1. The number of hydrogen-bond acceptors (Lipinski definition) is 3. The Labute approximate surface area is 169 Å². The number of Topliss-reactive ketones (excluding diaryl/α,β-unsaturated/α-hetero) is 1. The van der Waals surface area contributed by atoms with Crippen LogP contribution in [0, 0.1) is 6.92 Å². The molecule has 0 saturated carbocycles. The summed E-state index contributed by atoms with van der Waals surface area (Å²) in [7, 11) is 0. The Hall–Kier alpha value is -3.11. The minimum atomic E-state index is -0.644. The standard InChI is InChI=1S/C23H20ClNO3/c1-15-3-5-18(6-4-15)23(27)25-20-11-13-21(14-12-20)28-16(2)22(26)17-7-9-19(24)10-8-17/h3-14,16H,1-2H3,(H,25,27). The lowest BCUT2D eigenvalue weighted by molar-refractivity contribution is 0.0818. The molecule has 0 aliphatic heterocycles. The second kappa shape index (κ2) is 8.72. The van der Waals surface area contributed by atoms with E-state index in [0.717, 1.165) is 5.56 Å². The Morgan fingerprint density at radius 3 is 2.04 bits per heavy atom. The first kappa shape index (κ1) is 19.6. The zero-order valence-corrected chi connectivity index (χ0v) is 16.4. The van der Waals surface area contributed by atoms with Crippen molar-refractivity contribution in [3.05, 3.63) is 94.5 Å². The monoisotopic (exact) mass is 393 g/mol. The molecule has 5 heteroatoms. The highest BCUT2D eigenvalue weighted by molar-refractivity contribution is 6.30. The van der Waals surface area contributed by atoms with E-state index in [1.54, 1.807) is 67.6 Å². The number of benzene rings is 3. The van der Waals surface area contributed by atoms with E-state index >= 15 is 0 Å². The van der Waals surface area contributed by atoms with Gasteiger partial charge in [0.1, 0.15) is 5.75 Å². The van der Waals surface area contributed by atoms with E-state index < -0.39 is 6.10 Å². The highest BCUT2D eigenvalue weighted by Crippen LogP contribution is 2.19. The molecule has 0 heterocycles.